The molecule has 0 aliphatic carbocycles. The van der Waals surface area contributed by atoms with Crippen LogP contribution in [-0.2, 0) is 16.6 Å². The van der Waals surface area contributed by atoms with Crippen molar-refractivity contribution in [2.45, 2.75) is 6.54 Å². The molecule has 3 aromatic carbocycles. The Morgan fingerprint density at radius 1 is 1.02 bits per heavy atom. The van der Waals surface area contributed by atoms with Crippen molar-refractivity contribution >= 4 is 59.9 Å². The molecule has 46 heavy (non-hydrogen) atoms. The van der Waals surface area contributed by atoms with Gasteiger partial charge in [-0.15, -0.1) is 0 Å². The average Bonchev–Trinajstić information content (AvgIpc) is 3.63. The van der Waals surface area contributed by atoms with E-state index in [4.69, 9.17) is 15.1 Å². The first-order valence-electron chi connectivity index (χ1n) is 14.1. The summed E-state index contributed by atoms with van der Waals surface area (Å²) in [6.45, 7) is 0.0909. The minimum absolute atomic E-state index is 0.0909. The quantitative estimate of drug-likeness (QED) is 0.241. The van der Waals surface area contributed by atoms with Gasteiger partial charge in [0.05, 0.1) is 52.5 Å². The van der Waals surface area contributed by atoms with E-state index in [1.165, 1.54) is 50.5 Å². The zero-order valence-electron chi connectivity index (χ0n) is 24.8. The number of hydrogen-bond donors (Lipinski definition) is 2. The molecule has 0 aliphatic heterocycles. The Labute approximate surface area is 261 Å². The van der Waals surface area contributed by atoms with Crippen molar-refractivity contribution in [1.82, 2.24) is 19.7 Å². The number of nitrogens with two attached hydrogens (primary N) is 1. The van der Waals surface area contributed by atoms with Crippen molar-refractivity contribution < 1.29 is 26.4 Å². The first-order valence-corrected chi connectivity index (χ1v) is 16.0. The minimum Gasteiger partial charge on any atom is -0.455 e. The standard InChI is InChI=1S/C33H26F2N6O4S/c1-37-33(42)31-22-11-20(27(40(2)46(3,43)44)14-29(22)45-32(31)17-7-9-18(34)10-8-17)24-12-21-25(16-38-24)39-30(15-36)41-26-6-4-5-23(35)19(26)13-28(21)41/h4-14,16H,15,36H2,1-3H3,(H,37,42). The Bertz CT molecular complexity index is 2490. The zero-order valence-corrected chi connectivity index (χ0v) is 25.6. The molecule has 13 heteroatoms. The molecule has 0 aliphatic rings. The number of pyridine rings is 1. The van der Waals surface area contributed by atoms with E-state index in [0.717, 1.165) is 10.6 Å². The smallest absolute Gasteiger partial charge is 0.255 e. The van der Waals surface area contributed by atoms with Crippen LogP contribution in [-0.4, -0.2) is 49.0 Å². The predicted molar refractivity (Wildman–Crippen MR) is 173 cm³/mol. The highest BCUT2D eigenvalue weighted by Gasteiger charge is 2.27. The van der Waals surface area contributed by atoms with Gasteiger partial charge in [0.1, 0.15) is 28.8 Å². The molecule has 0 unspecified atom stereocenters. The van der Waals surface area contributed by atoms with E-state index in [1.54, 1.807) is 40.9 Å². The molecule has 0 atom stereocenters. The monoisotopic (exact) mass is 640 g/mol. The summed E-state index contributed by atoms with van der Waals surface area (Å²) in [6.07, 6.45) is 2.62. The molecule has 1 amide bonds. The summed E-state index contributed by atoms with van der Waals surface area (Å²) in [7, 11) is -0.893. The molecule has 0 saturated carbocycles. The fraction of sp³-hybridized carbons (Fsp3) is 0.121. The van der Waals surface area contributed by atoms with Crippen molar-refractivity contribution in [3.8, 4) is 22.6 Å². The number of nitrogens with zero attached hydrogens (tertiary/aromatic N) is 4. The van der Waals surface area contributed by atoms with Crippen LogP contribution in [0.3, 0.4) is 0 Å². The van der Waals surface area contributed by atoms with Crippen molar-refractivity contribution in [2.75, 3.05) is 24.7 Å². The number of amides is 1. The molecule has 7 aromatic rings. The second-order valence-electron chi connectivity index (χ2n) is 10.8. The van der Waals surface area contributed by atoms with Crippen LogP contribution in [0.2, 0.25) is 0 Å². The molecule has 0 radical (unpaired) electrons. The van der Waals surface area contributed by atoms with E-state index in [-0.39, 0.29) is 29.1 Å². The summed E-state index contributed by atoms with van der Waals surface area (Å²) in [4.78, 5) is 22.6. The molecular formula is C33H26F2N6O4S. The van der Waals surface area contributed by atoms with Gasteiger partial charge in [0.15, 0.2) is 0 Å². The van der Waals surface area contributed by atoms with Gasteiger partial charge in [0, 0.05) is 47.4 Å². The number of carbonyl (C=O) groups excluding carboxylic acids is 1. The largest absolute Gasteiger partial charge is 0.455 e. The van der Waals surface area contributed by atoms with Crippen molar-refractivity contribution in [3.05, 3.63) is 95.9 Å². The molecule has 0 bridgehead atoms. The molecule has 7 rings (SSSR count). The SMILES string of the molecule is CNC(=O)c1c(-c2ccc(F)cc2)oc2cc(N(C)S(C)(=O)=O)c(-c3cc4c(cn3)nc(CN)n3c5cccc(F)c5cc43)cc12. The maximum atomic E-state index is 14.9. The van der Waals surface area contributed by atoms with E-state index in [9.17, 15) is 22.0 Å². The van der Waals surface area contributed by atoms with Gasteiger partial charge in [-0.1, -0.05) is 6.07 Å². The lowest BCUT2D eigenvalue weighted by molar-refractivity contribution is 0.0964. The molecule has 232 valence electrons. The highest BCUT2D eigenvalue weighted by molar-refractivity contribution is 7.92. The van der Waals surface area contributed by atoms with Gasteiger partial charge >= 0.3 is 0 Å². The van der Waals surface area contributed by atoms with Crippen LogP contribution < -0.4 is 15.4 Å². The van der Waals surface area contributed by atoms with Gasteiger partial charge in [-0.2, -0.15) is 0 Å². The normalized spacial score (nSPS) is 12.0. The second kappa shape index (κ2) is 10.6. The molecule has 4 aromatic heterocycles. The molecule has 10 nitrogen and oxygen atoms in total. The Morgan fingerprint density at radius 3 is 2.48 bits per heavy atom. The van der Waals surface area contributed by atoms with Crippen LogP contribution in [0.5, 0.6) is 0 Å². The van der Waals surface area contributed by atoms with Gasteiger partial charge in [0.2, 0.25) is 10.0 Å². The number of anilines is 1. The number of halogens is 2. The lowest BCUT2D eigenvalue weighted by atomic mass is 10.00. The molecule has 0 saturated heterocycles. The van der Waals surface area contributed by atoms with Gasteiger partial charge in [-0.05, 0) is 54.6 Å². The Hall–Kier alpha value is -5.40. The highest BCUT2D eigenvalue weighted by atomic mass is 32.2. The van der Waals surface area contributed by atoms with Crippen LogP contribution >= 0.6 is 0 Å². The van der Waals surface area contributed by atoms with E-state index < -0.39 is 27.6 Å². The summed E-state index contributed by atoms with van der Waals surface area (Å²) >= 11 is 0. The third-order valence-corrected chi connectivity index (χ3v) is 9.31. The Morgan fingerprint density at radius 2 is 1.78 bits per heavy atom. The lowest BCUT2D eigenvalue weighted by Gasteiger charge is -2.20. The summed E-state index contributed by atoms with van der Waals surface area (Å²) in [6, 6.07) is 16.9. The van der Waals surface area contributed by atoms with Crippen LogP contribution in [0.15, 0.2) is 77.3 Å². The maximum Gasteiger partial charge on any atom is 0.255 e. The third-order valence-electron chi connectivity index (χ3n) is 8.12. The number of fused-ring (bicyclic) bond motifs is 6. The van der Waals surface area contributed by atoms with Gasteiger partial charge < -0.3 is 15.5 Å². The number of sulfonamides is 1. The van der Waals surface area contributed by atoms with Crippen molar-refractivity contribution in [3.63, 3.8) is 0 Å². The third kappa shape index (κ3) is 4.54. The van der Waals surface area contributed by atoms with E-state index in [2.05, 4.69) is 10.3 Å². The molecule has 3 N–H and O–H groups in total. The predicted octanol–water partition coefficient (Wildman–Crippen LogP) is 5.61. The highest BCUT2D eigenvalue weighted by Crippen LogP contribution is 2.42. The first kappa shape index (κ1) is 29.3. The number of nitrogens with one attached hydrogen (secondary N) is 1. The maximum absolute atomic E-state index is 14.9. The van der Waals surface area contributed by atoms with Crippen LogP contribution in [0.1, 0.15) is 16.2 Å². The number of benzene rings is 3. The Balaban J connectivity index is 1.56. The fourth-order valence-electron chi connectivity index (χ4n) is 5.82. The summed E-state index contributed by atoms with van der Waals surface area (Å²) in [5.74, 6) is -0.606. The molecule has 0 spiro atoms. The minimum atomic E-state index is -3.77. The van der Waals surface area contributed by atoms with Gasteiger partial charge in [0.25, 0.3) is 5.91 Å². The number of rotatable bonds is 6. The molecule has 4 heterocycles. The van der Waals surface area contributed by atoms with Gasteiger partial charge in [-0.3, -0.25) is 18.5 Å². The molecule has 0 fully saturated rings. The number of carbonyl (C=O) groups is 1. The zero-order chi connectivity index (χ0) is 32.5. The van der Waals surface area contributed by atoms with Crippen molar-refractivity contribution in [2.24, 2.45) is 5.73 Å². The van der Waals surface area contributed by atoms with E-state index in [0.29, 0.717) is 55.4 Å². The average molecular weight is 641 g/mol. The van der Waals surface area contributed by atoms with Gasteiger partial charge in [-0.25, -0.2) is 22.2 Å². The summed E-state index contributed by atoms with van der Waals surface area (Å²) < 4.78 is 63.3. The number of hydrogen-bond acceptors (Lipinski definition) is 7. The summed E-state index contributed by atoms with van der Waals surface area (Å²) in [5, 5.41) is 4.03. The summed E-state index contributed by atoms with van der Waals surface area (Å²) in [5.41, 5.74) is 9.64. The van der Waals surface area contributed by atoms with Crippen LogP contribution in [0, 0.1) is 11.6 Å². The second-order valence-corrected chi connectivity index (χ2v) is 12.9. The number of aromatic nitrogens is 3. The van der Waals surface area contributed by atoms with Crippen LogP contribution in [0.4, 0.5) is 14.5 Å². The fourth-order valence-corrected chi connectivity index (χ4v) is 6.33. The Kier molecular flexibility index (Phi) is 6.76. The first-order chi connectivity index (χ1) is 22.0. The topological polar surface area (TPSA) is 136 Å². The van der Waals surface area contributed by atoms with Crippen molar-refractivity contribution in [1.29, 1.82) is 0 Å². The van der Waals surface area contributed by atoms with E-state index in [1.807, 2.05) is 0 Å². The number of furan rings is 1. The van der Waals surface area contributed by atoms with Crippen LogP contribution in [0.25, 0.3) is 60.9 Å². The lowest BCUT2D eigenvalue weighted by Crippen LogP contribution is -2.25. The van der Waals surface area contributed by atoms with E-state index >= 15 is 0 Å². The molecular weight excluding hydrogens is 614 g/mol.